The Morgan fingerprint density at radius 1 is 0.911 bits per heavy atom. The van der Waals surface area contributed by atoms with E-state index in [2.05, 4.69) is 107 Å². The lowest BCUT2D eigenvalue weighted by atomic mass is 10.0. The highest BCUT2D eigenvalue weighted by atomic mass is 28.4. The van der Waals surface area contributed by atoms with E-state index in [0.29, 0.717) is 0 Å². The first-order chi connectivity index (χ1) is 20.1. The summed E-state index contributed by atoms with van der Waals surface area (Å²) in [6.45, 7) is 33.0. The number of nitrogens with one attached hydrogen (secondary N) is 1. The van der Waals surface area contributed by atoms with Crippen LogP contribution in [0.3, 0.4) is 0 Å². The van der Waals surface area contributed by atoms with E-state index in [9.17, 15) is 19.5 Å². The second-order valence-corrected chi connectivity index (χ2v) is 31.1. The maximum absolute atomic E-state index is 13.6. The van der Waals surface area contributed by atoms with Crippen LogP contribution in [0.2, 0.25) is 54.4 Å². The maximum Gasteiger partial charge on any atom is 0.345 e. The van der Waals surface area contributed by atoms with E-state index in [4.69, 9.17) is 22.8 Å². The van der Waals surface area contributed by atoms with Crippen LogP contribution in [0, 0.1) is 0 Å². The normalized spacial score (nSPS) is 23.8. The standard InChI is InChI=1S/C31H60N2O9Si3/c1-17-38-26(36)21-18-33(27(37)32-25(21)35)31(20-34)24(42-45(15,16)30(8,9)10)23(41-44(13,14)29(5,6)7)22(40-31)19-39-43(11,12)28(2,3)4/h18,22-24,34H,17,19-20H2,1-16H3,(H,32,35,37)/t22-,23-,24-,31-/m1/s1. The number of hydrogen-bond donors (Lipinski definition) is 2. The van der Waals surface area contributed by atoms with Crippen LogP contribution in [0.15, 0.2) is 15.8 Å². The molecule has 0 unspecified atom stereocenters. The van der Waals surface area contributed by atoms with Crippen molar-refractivity contribution >= 4 is 30.9 Å². The lowest BCUT2D eigenvalue weighted by Crippen LogP contribution is -2.60. The highest BCUT2D eigenvalue weighted by molar-refractivity contribution is 6.75. The maximum atomic E-state index is 13.6. The summed E-state index contributed by atoms with van der Waals surface area (Å²) in [6, 6.07) is 0. The van der Waals surface area contributed by atoms with Crippen molar-refractivity contribution in [2.45, 2.75) is 148 Å². The van der Waals surface area contributed by atoms with Gasteiger partial charge >= 0.3 is 11.7 Å². The van der Waals surface area contributed by atoms with Gasteiger partial charge in [0.1, 0.15) is 23.9 Å². The fourth-order valence-corrected chi connectivity index (χ4v) is 7.93. The van der Waals surface area contributed by atoms with Crippen molar-refractivity contribution in [1.29, 1.82) is 0 Å². The Hall–Kier alpha value is -1.40. The third kappa shape index (κ3) is 8.19. The highest BCUT2D eigenvalue weighted by Crippen LogP contribution is 2.48. The Balaban J connectivity index is 2.95. The summed E-state index contributed by atoms with van der Waals surface area (Å²) in [4.78, 5) is 41.4. The Kier molecular flexibility index (Phi) is 11.7. The molecule has 0 aromatic carbocycles. The average Bonchev–Trinajstić information content (AvgIpc) is 3.13. The van der Waals surface area contributed by atoms with Gasteiger partial charge in [-0.05, 0) is 61.3 Å². The number of H-pyrrole nitrogens is 1. The van der Waals surface area contributed by atoms with Gasteiger partial charge in [0.05, 0.1) is 19.8 Å². The van der Waals surface area contributed by atoms with E-state index in [-0.39, 0.29) is 33.9 Å². The number of carbonyl (C=O) groups excluding carboxylic acids is 1. The predicted molar refractivity (Wildman–Crippen MR) is 185 cm³/mol. The molecule has 0 spiro atoms. The van der Waals surface area contributed by atoms with Gasteiger partial charge in [0.25, 0.3) is 5.56 Å². The van der Waals surface area contributed by atoms with Crippen LogP contribution in [0.1, 0.15) is 79.6 Å². The number of ether oxygens (including phenoxy) is 2. The number of aliphatic hydroxyl groups excluding tert-OH is 1. The summed E-state index contributed by atoms with van der Waals surface area (Å²) in [5.74, 6) is -0.896. The summed E-state index contributed by atoms with van der Waals surface area (Å²) in [5.41, 5.74) is -3.99. The third-order valence-corrected chi connectivity index (χ3v) is 23.8. The van der Waals surface area contributed by atoms with Gasteiger partial charge in [-0.1, -0.05) is 62.3 Å². The first-order valence-corrected chi connectivity index (χ1v) is 24.6. The number of hydrogen-bond acceptors (Lipinski definition) is 9. The second kappa shape index (κ2) is 13.2. The minimum absolute atomic E-state index is 0.0332. The summed E-state index contributed by atoms with van der Waals surface area (Å²) in [7, 11) is -7.43. The molecule has 1 aliphatic heterocycles. The molecule has 45 heavy (non-hydrogen) atoms. The quantitative estimate of drug-likeness (QED) is 0.226. The molecule has 2 rings (SSSR count). The van der Waals surface area contributed by atoms with E-state index >= 15 is 0 Å². The number of rotatable bonds is 11. The largest absolute Gasteiger partial charge is 0.462 e. The van der Waals surface area contributed by atoms with Crippen molar-refractivity contribution in [2.24, 2.45) is 0 Å². The van der Waals surface area contributed by atoms with E-state index in [1.54, 1.807) is 6.92 Å². The Bertz CT molecular complexity index is 1320. The molecule has 1 saturated heterocycles. The second-order valence-electron chi connectivity index (χ2n) is 16.8. The summed E-state index contributed by atoms with van der Waals surface area (Å²) >= 11 is 0. The number of aromatic nitrogens is 2. The van der Waals surface area contributed by atoms with Gasteiger partial charge in [-0.2, -0.15) is 0 Å². The molecular weight excluding hydrogens is 629 g/mol. The van der Waals surface area contributed by atoms with Crippen LogP contribution < -0.4 is 11.2 Å². The van der Waals surface area contributed by atoms with Crippen molar-refractivity contribution < 1.29 is 32.7 Å². The molecule has 11 nitrogen and oxygen atoms in total. The van der Waals surface area contributed by atoms with Gasteiger partial charge < -0.3 is 27.9 Å². The lowest BCUT2D eigenvalue weighted by Gasteiger charge is -2.46. The van der Waals surface area contributed by atoms with E-state index < -0.39 is 72.8 Å². The highest BCUT2D eigenvalue weighted by Gasteiger charge is 2.62. The monoisotopic (exact) mass is 688 g/mol. The predicted octanol–water partition coefficient (Wildman–Crippen LogP) is 5.56. The molecule has 1 aromatic rings. The van der Waals surface area contributed by atoms with Gasteiger partial charge in [-0.15, -0.1) is 0 Å². The zero-order valence-electron chi connectivity index (χ0n) is 30.6. The molecule has 0 radical (unpaired) electrons. The van der Waals surface area contributed by atoms with Crippen LogP contribution in [-0.4, -0.2) is 83.7 Å². The van der Waals surface area contributed by atoms with Crippen molar-refractivity contribution in [3.05, 3.63) is 32.6 Å². The Morgan fingerprint density at radius 3 is 1.84 bits per heavy atom. The van der Waals surface area contributed by atoms with Gasteiger partial charge in [0.15, 0.2) is 30.7 Å². The molecule has 1 aromatic heterocycles. The molecule has 0 amide bonds. The number of esters is 1. The fourth-order valence-electron chi connectivity index (χ4n) is 4.30. The summed E-state index contributed by atoms with van der Waals surface area (Å²) in [6.07, 6.45) is -1.39. The van der Waals surface area contributed by atoms with E-state index in [1.807, 2.05) is 0 Å². The zero-order valence-corrected chi connectivity index (χ0v) is 33.6. The van der Waals surface area contributed by atoms with Gasteiger partial charge in [-0.25, -0.2) is 9.59 Å². The lowest BCUT2D eigenvalue weighted by molar-refractivity contribution is -0.170. The molecule has 260 valence electrons. The average molecular weight is 689 g/mol. The number of carbonyl (C=O) groups is 1. The Morgan fingerprint density at radius 2 is 1.40 bits per heavy atom. The van der Waals surface area contributed by atoms with Crippen LogP contribution in [0.25, 0.3) is 0 Å². The Labute approximate surface area is 272 Å². The third-order valence-electron chi connectivity index (χ3n) is 10.4. The first-order valence-electron chi connectivity index (χ1n) is 15.9. The zero-order chi connectivity index (χ0) is 35.2. The topological polar surface area (TPSA) is 138 Å². The number of nitrogens with zero attached hydrogens (tertiary/aromatic N) is 1. The molecule has 14 heteroatoms. The number of aromatic amines is 1. The minimum Gasteiger partial charge on any atom is -0.462 e. The van der Waals surface area contributed by atoms with E-state index in [0.717, 1.165) is 10.8 Å². The first kappa shape index (κ1) is 39.8. The van der Waals surface area contributed by atoms with Gasteiger partial charge in [0.2, 0.25) is 0 Å². The molecule has 0 saturated carbocycles. The number of aliphatic hydroxyl groups is 1. The molecule has 1 fully saturated rings. The smallest absolute Gasteiger partial charge is 0.345 e. The molecule has 4 atom stereocenters. The van der Waals surface area contributed by atoms with Crippen molar-refractivity contribution in [3.63, 3.8) is 0 Å². The fraction of sp³-hybridized carbons (Fsp3) is 0.839. The van der Waals surface area contributed by atoms with Crippen LogP contribution in [0.4, 0.5) is 0 Å². The molecule has 0 aliphatic carbocycles. The molecule has 1 aliphatic rings. The molecule has 2 N–H and O–H groups in total. The van der Waals surface area contributed by atoms with Gasteiger partial charge in [-0.3, -0.25) is 14.3 Å². The van der Waals surface area contributed by atoms with Crippen molar-refractivity contribution in [3.8, 4) is 0 Å². The summed E-state index contributed by atoms with van der Waals surface area (Å²) in [5, 5.41) is 10.8. The SMILES string of the molecule is CCOC(=O)c1cn([C@]2(CO)O[C@H](CO[Si](C)(C)C(C)(C)C)[C@@H](O[Si](C)(C)C(C)(C)C)[C@H]2O[Si](C)(C)C(C)(C)C)c(=O)[nH]c1=O. The van der Waals surface area contributed by atoms with Crippen LogP contribution in [0.5, 0.6) is 0 Å². The van der Waals surface area contributed by atoms with Gasteiger partial charge in [0, 0.05) is 6.20 Å². The van der Waals surface area contributed by atoms with Crippen LogP contribution in [-0.2, 0) is 28.5 Å². The molecular formula is C31H60N2O9Si3. The van der Waals surface area contributed by atoms with Crippen molar-refractivity contribution in [1.82, 2.24) is 9.55 Å². The molecule has 2 heterocycles. The minimum atomic E-state index is -2.63. The van der Waals surface area contributed by atoms with E-state index in [1.165, 1.54) is 0 Å². The van der Waals surface area contributed by atoms with Crippen LogP contribution >= 0.6 is 0 Å². The molecule has 0 bridgehead atoms. The summed E-state index contributed by atoms with van der Waals surface area (Å²) < 4.78 is 33.8. The van der Waals surface area contributed by atoms with Crippen molar-refractivity contribution in [2.75, 3.05) is 19.8 Å².